The van der Waals surface area contributed by atoms with Crippen molar-refractivity contribution in [2.75, 3.05) is 0 Å². The van der Waals surface area contributed by atoms with E-state index in [2.05, 4.69) is 10.1 Å². The van der Waals surface area contributed by atoms with Gasteiger partial charge in [-0.25, -0.2) is 14.5 Å². The van der Waals surface area contributed by atoms with Crippen molar-refractivity contribution < 1.29 is 14.6 Å². The third-order valence-electron chi connectivity index (χ3n) is 4.34. The molecule has 2 unspecified atom stereocenters. The lowest BCUT2D eigenvalue weighted by Crippen LogP contribution is -2.27. The number of rotatable bonds is 2. The summed E-state index contributed by atoms with van der Waals surface area (Å²) < 4.78 is 2.18. The molecule has 1 saturated carbocycles. The molecule has 1 fully saturated rings. The molecule has 7 heteroatoms. The fraction of sp³-hybridized carbons (Fsp3) is 0.385. The molecule has 2 atom stereocenters. The minimum absolute atomic E-state index is 0.0949. The summed E-state index contributed by atoms with van der Waals surface area (Å²) in [6, 6.07) is 0. The van der Waals surface area contributed by atoms with Crippen LogP contribution >= 0.6 is 0 Å². The minimum Gasteiger partial charge on any atom is -0.619 e. The van der Waals surface area contributed by atoms with E-state index in [-0.39, 0.29) is 5.69 Å². The van der Waals surface area contributed by atoms with Crippen molar-refractivity contribution in [1.29, 1.82) is 0 Å². The molecule has 0 aliphatic heterocycles. The van der Waals surface area contributed by atoms with E-state index in [0.717, 1.165) is 30.5 Å². The van der Waals surface area contributed by atoms with Crippen molar-refractivity contribution >= 4 is 5.97 Å². The fourth-order valence-electron chi connectivity index (χ4n) is 3.30. The van der Waals surface area contributed by atoms with Crippen LogP contribution in [0.2, 0.25) is 0 Å². The largest absolute Gasteiger partial charge is 0.619 e. The van der Waals surface area contributed by atoms with E-state index >= 15 is 0 Å². The van der Waals surface area contributed by atoms with Crippen LogP contribution in [-0.4, -0.2) is 25.8 Å². The maximum absolute atomic E-state index is 11.4. The van der Waals surface area contributed by atoms with Gasteiger partial charge in [0.15, 0.2) is 11.9 Å². The fourth-order valence-corrected chi connectivity index (χ4v) is 3.30. The molecule has 2 aliphatic carbocycles. The van der Waals surface area contributed by atoms with Crippen LogP contribution in [0.15, 0.2) is 18.6 Å². The molecule has 2 aromatic heterocycles. The first-order valence-electron chi connectivity index (χ1n) is 6.55. The molecule has 0 aromatic carbocycles. The van der Waals surface area contributed by atoms with Gasteiger partial charge in [0.05, 0.1) is 11.9 Å². The quantitative estimate of drug-likeness (QED) is 0.639. The van der Waals surface area contributed by atoms with Crippen LogP contribution in [0.5, 0.6) is 0 Å². The molecule has 2 heterocycles. The number of aromatic carboxylic acids is 1. The summed E-state index contributed by atoms with van der Waals surface area (Å²) in [6.07, 6.45) is 6.94. The SMILES string of the molecule is O=C(O)c1nn(-c2c[n+]([O-])ccn2)c2c1CC1CCC21. The molecule has 0 saturated heterocycles. The number of nitrogens with zero attached hydrogens (tertiary/aromatic N) is 4. The Kier molecular flexibility index (Phi) is 2.15. The van der Waals surface area contributed by atoms with Gasteiger partial charge in [-0.2, -0.15) is 9.83 Å². The zero-order chi connectivity index (χ0) is 13.9. The van der Waals surface area contributed by atoms with Crippen LogP contribution < -0.4 is 4.73 Å². The molecule has 0 spiro atoms. The van der Waals surface area contributed by atoms with Gasteiger partial charge in [-0.05, 0) is 25.2 Å². The monoisotopic (exact) mass is 272 g/mol. The highest BCUT2D eigenvalue weighted by atomic mass is 16.5. The molecule has 2 aliphatic rings. The lowest BCUT2D eigenvalue weighted by molar-refractivity contribution is -0.605. The van der Waals surface area contributed by atoms with Crippen LogP contribution in [0.3, 0.4) is 0 Å². The van der Waals surface area contributed by atoms with Crippen LogP contribution in [0.1, 0.15) is 40.5 Å². The zero-order valence-electron chi connectivity index (χ0n) is 10.6. The number of aromatic nitrogens is 4. The van der Waals surface area contributed by atoms with Crippen LogP contribution in [0.4, 0.5) is 0 Å². The highest BCUT2D eigenvalue weighted by molar-refractivity contribution is 5.88. The summed E-state index contributed by atoms with van der Waals surface area (Å²) in [5.41, 5.74) is 1.84. The lowest BCUT2D eigenvalue weighted by atomic mass is 9.75. The second-order valence-corrected chi connectivity index (χ2v) is 5.35. The topological polar surface area (TPSA) is 95.0 Å². The molecule has 7 nitrogen and oxygen atoms in total. The predicted octanol–water partition coefficient (Wildman–Crippen LogP) is 0.649. The number of fused-ring (bicyclic) bond motifs is 3. The lowest BCUT2D eigenvalue weighted by Gasteiger charge is -2.30. The predicted molar refractivity (Wildman–Crippen MR) is 66.4 cm³/mol. The van der Waals surface area contributed by atoms with Crippen molar-refractivity contribution in [3.8, 4) is 5.82 Å². The van der Waals surface area contributed by atoms with E-state index in [1.54, 1.807) is 0 Å². The van der Waals surface area contributed by atoms with Gasteiger partial charge in [0.25, 0.3) is 0 Å². The smallest absolute Gasteiger partial charge is 0.356 e. The maximum atomic E-state index is 11.4. The highest BCUT2D eigenvalue weighted by Gasteiger charge is 2.45. The molecule has 102 valence electrons. The van der Waals surface area contributed by atoms with Gasteiger partial charge in [0.1, 0.15) is 0 Å². The first-order valence-corrected chi connectivity index (χ1v) is 6.55. The van der Waals surface area contributed by atoms with Crippen molar-refractivity contribution in [2.45, 2.75) is 25.2 Å². The van der Waals surface area contributed by atoms with Gasteiger partial charge >= 0.3 is 5.97 Å². The van der Waals surface area contributed by atoms with Crippen molar-refractivity contribution in [3.05, 3.63) is 40.7 Å². The summed E-state index contributed by atoms with van der Waals surface area (Å²) in [4.78, 5) is 15.5. The van der Waals surface area contributed by atoms with Crippen LogP contribution in [0, 0.1) is 11.1 Å². The molecular weight excluding hydrogens is 260 g/mol. The first kappa shape index (κ1) is 11.4. The van der Waals surface area contributed by atoms with E-state index in [0.29, 0.717) is 22.4 Å². The summed E-state index contributed by atoms with van der Waals surface area (Å²) in [7, 11) is 0. The Balaban J connectivity index is 1.93. The summed E-state index contributed by atoms with van der Waals surface area (Å²) in [6.45, 7) is 0. The van der Waals surface area contributed by atoms with E-state index in [9.17, 15) is 15.1 Å². The molecule has 1 N–H and O–H groups in total. The van der Waals surface area contributed by atoms with Gasteiger partial charge in [0.2, 0.25) is 12.0 Å². The second-order valence-electron chi connectivity index (χ2n) is 5.35. The van der Waals surface area contributed by atoms with Gasteiger partial charge in [-0.1, -0.05) is 0 Å². The number of hydrogen-bond donors (Lipinski definition) is 1. The van der Waals surface area contributed by atoms with E-state index in [1.807, 2.05) is 0 Å². The Hall–Kier alpha value is -2.44. The molecule has 0 amide bonds. The normalized spacial score (nSPS) is 23.0. The second kappa shape index (κ2) is 3.78. The van der Waals surface area contributed by atoms with Gasteiger partial charge in [0, 0.05) is 11.5 Å². The molecule has 2 aromatic rings. The van der Waals surface area contributed by atoms with Gasteiger partial charge < -0.3 is 10.3 Å². The Bertz CT molecular complexity index is 724. The summed E-state index contributed by atoms with van der Waals surface area (Å²) in [5.74, 6) is 0.231. The van der Waals surface area contributed by atoms with E-state index in [1.165, 1.54) is 23.3 Å². The first-order chi connectivity index (χ1) is 9.65. The summed E-state index contributed by atoms with van der Waals surface area (Å²) in [5, 5.41) is 24.8. The zero-order valence-corrected chi connectivity index (χ0v) is 10.6. The van der Waals surface area contributed by atoms with Gasteiger partial charge in [-0.15, -0.1) is 0 Å². The number of carbonyl (C=O) groups is 1. The Morgan fingerprint density at radius 2 is 2.35 bits per heavy atom. The Labute approximate surface area is 114 Å². The standard InChI is InChI=1S/C13H12N4O3/c18-13(19)11-9-5-7-1-2-8(7)12(9)17(15-11)10-6-16(20)4-3-14-10/h3-4,6-8H,1-2,5H2,(H,18,19). The average molecular weight is 272 g/mol. The minimum atomic E-state index is -1.02. The van der Waals surface area contributed by atoms with E-state index in [4.69, 9.17) is 0 Å². The van der Waals surface area contributed by atoms with Crippen molar-refractivity contribution in [2.24, 2.45) is 5.92 Å². The number of carboxylic acids is 1. The molecule has 0 bridgehead atoms. The Morgan fingerprint density at radius 3 is 3.00 bits per heavy atom. The van der Waals surface area contributed by atoms with Gasteiger partial charge in [-0.3, -0.25) is 0 Å². The van der Waals surface area contributed by atoms with Crippen LogP contribution in [-0.2, 0) is 6.42 Å². The maximum Gasteiger partial charge on any atom is 0.356 e. The van der Waals surface area contributed by atoms with Crippen LogP contribution in [0.25, 0.3) is 5.82 Å². The van der Waals surface area contributed by atoms with Crippen molar-refractivity contribution in [3.63, 3.8) is 0 Å². The third kappa shape index (κ3) is 1.40. The highest BCUT2D eigenvalue weighted by Crippen LogP contribution is 2.52. The molecule has 20 heavy (non-hydrogen) atoms. The molecule has 4 rings (SSSR count). The molecule has 0 radical (unpaired) electrons. The van der Waals surface area contributed by atoms with E-state index < -0.39 is 5.97 Å². The Morgan fingerprint density at radius 1 is 1.50 bits per heavy atom. The van der Waals surface area contributed by atoms with Crippen molar-refractivity contribution in [1.82, 2.24) is 14.8 Å². The molecular formula is C13H12N4O3. The third-order valence-corrected chi connectivity index (χ3v) is 4.34. The average Bonchev–Trinajstić information content (AvgIpc) is 2.84. The summed E-state index contributed by atoms with van der Waals surface area (Å²) >= 11 is 0. The number of hydrogen-bond acceptors (Lipinski definition) is 4. The number of carboxylic acid groups (broad SMARTS) is 1.